The van der Waals surface area contributed by atoms with E-state index in [2.05, 4.69) is 169 Å². The number of anilines is 4. The van der Waals surface area contributed by atoms with E-state index in [0.717, 1.165) is 108 Å². The Hall–Kier alpha value is -7.30. The molecule has 1 aliphatic carbocycles. The van der Waals surface area contributed by atoms with Gasteiger partial charge in [0.05, 0.1) is 0 Å². The largest absolute Gasteiger partial charge is 0.456 e. The molecule has 0 fully saturated rings. The van der Waals surface area contributed by atoms with Crippen LogP contribution < -0.4 is 19.3 Å². The Morgan fingerprint density at radius 3 is 1.77 bits per heavy atom. The number of hydrogen-bond acceptors (Lipinski definition) is 4. The highest BCUT2D eigenvalue weighted by atomic mass is 16.5. The summed E-state index contributed by atoms with van der Waals surface area (Å²) in [5.41, 5.74) is 12.5. The molecule has 0 spiro atoms. The second kappa shape index (κ2) is 13.8. The molecule has 0 saturated heterocycles. The fourth-order valence-electron chi connectivity index (χ4n) is 8.08. The standard InChI is InChI=1S/C52H38N2O2/c1-35(53(39-15-7-3-8-16-39)40-17-9-4-10-18-40)33-49-36(2)44-29-31-48-52-46(30-32-47(55-49)51(44)52)45-28-25-38(34-50(45)56-48)37-23-26-43(27-24-37)54(41-19-11-5-12-20-41)42-21-13-6-14-22-42/h3,5-9,11-34H,1-2,4,10H2/b49-33+. The second-order valence-electron chi connectivity index (χ2n) is 14.2. The molecule has 0 saturated carbocycles. The highest BCUT2D eigenvalue weighted by Gasteiger charge is 2.29. The maximum absolute atomic E-state index is 6.70. The van der Waals surface area contributed by atoms with Gasteiger partial charge >= 0.3 is 0 Å². The zero-order valence-electron chi connectivity index (χ0n) is 30.9. The quantitative estimate of drug-likeness (QED) is 0.156. The molecule has 7 aromatic rings. The monoisotopic (exact) mass is 722 g/mol. The minimum atomic E-state index is 0.676. The molecule has 4 nitrogen and oxygen atoms in total. The van der Waals surface area contributed by atoms with Gasteiger partial charge in [0, 0.05) is 62.1 Å². The Balaban J connectivity index is 0.961. The highest BCUT2D eigenvalue weighted by molar-refractivity contribution is 6.13. The Morgan fingerprint density at radius 2 is 1.11 bits per heavy atom. The van der Waals surface area contributed by atoms with Gasteiger partial charge in [-0.3, -0.25) is 0 Å². The molecule has 3 aliphatic rings. The first-order chi connectivity index (χ1) is 27.6. The van der Waals surface area contributed by atoms with Gasteiger partial charge in [-0.05, 0) is 126 Å². The zero-order valence-corrected chi connectivity index (χ0v) is 30.9. The third-order valence-corrected chi connectivity index (χ3v) is 10.7. The molecule has 56 heavy (non-hydrogen) atoms. The summed E-state index contributed by atoms with van der Waals surface area (Å²) in [6, 6.07) is 54.9. The Labute approximate surface area is 327 Å². The number of allylic oxidation sites excluding steroid dienone is 5. The van der Waals surface area contributed by atoms with E-state index in [1.165, 1.54) is 0 Å². The first-order valence-electron chi connectivity index (χ1n) is 19.0. The van der Waals surface area contributed by atoms with Gasteiger partial charge in [-0.2, -0.15) is 0 Å². The van der Waals surface area contributed by atoms with Crippen LogP contribution in [-0.2, 0) is 0 Å². The van der Waals surface area contributed by atoms with Crippen LogP contribution in [0, 0.1) is 0 Å². The number of rotatable bonds is 8. The number of nitrogens with zero attached hydrogens (tertiary/aromatic N) is 2. The van der Waals surface area contributed by atoms with Crippen molar-refractivity contribution in [2.75, 3.05) is 9.80 Å². The van der Waals surface area contributed by atoms with Crippen molar-refractivity contribution in [1.82, 2.24) is 0 Å². The molecule has 0 radical (unpaired) electrons. The first kappa shape index (κ1) is 33.3. The normalized spacial score (nSPS) is 14.4. The van der Waals surface area contributed by atoms with Gasteiger partial charge in [0.25, 0.3) is 0 Å². The van der Waals surface area contributed by atoms with Crippen molar-refractivity contribution in [3.05, 3.63) is 218 Å². The topological polar surface area (TPSA) is 24.9 Å². The van der Waals surface area contributed by atoms with Crippen LogP contribution in [0.1, 0.15) is 18.4 Å². The van der Waals surface area contributed by atoms with E-state index in [0.29, 0.717) is 5.76 Å². The average Bonchev–Trinajstić information content (AvgIpc) is 3.25. The Morgan fingerprint density at radius 1 is 0.536 bits per heavy atom. The minimum absolute atomic E-state index is 0.676. The SMILES string of the molecule is C=C1/C(=C\C(=C)N(C2=CCCC=C2)c2ccccc2)Oc2ccc3c4c(ccc1c24)Oc1cc(-c2ccc(N(c4ccccc4)c4ccccc4)cc2)ccc1-3. The molecule has 268 valence electrons. The van der Waals surface area contributed by atoms with E-state index in [9.17, 15) is 0 Å². The molecule has 0 bridgehead atoms. The van der Waals surface area contributed by atoms with Crippen molar-refractivity contribution in [2.24, 2.45) is 0 Å². The summed E-state index contributed by atoms with van der Waals surface area (Å²) in [6.07, 6.45) is 10.7. The van der Waals surface area contributed by atoms with E-state index in [1.807, 2.05) is 36.4 Å². The van der Waals surface area contributed by atoms with Gasteiger partial charge < -0.3 is 19.3 Å². The van der Waals surface area contributed by atoms with Crippen LogP contribution in [0.5, 0.6) is 17.2 Å². The van der Waals surface area contributed by atoms with Crippen LogP contribution in [0.3, 0.4) is 0 Å². The van der Waals surface area contributed by atoms with Crippen LogP contribution in [0.15, 0.2) is 212 Å². The maximum Gasteiger partial charge on any atom is 0.136 e. The summed E-state index contributed by atoms with van der Waals surface area (Å²) in [5.74, 6) is 3.09. The fourth-order valence-corrected chi connectivity index (χ4v) is 8.08. The maximum atomic E-state index is 6.70. The summed E-state index contributed by atoms with van der Waals surface area (Å²) in [5, 5.41) is 2.05. The number of ether oxygens (including phenoxy) is 2. The molecule has 0 amide bonds. The van der Waals surface area contributed by atoms with E-state index in [4.69, 9.17) is 9.47 Å². The summed E-state index contributed by atoms with van der Waals surface area (Å²) in [4.78, 5) is 4.45. The summed E-state index contributed by atoms with van der Waals surface area (Å²) in [6.45, 7) is 9.05. The summed E-state index contributed by atoms with van der Waals surface area (Å²) >= 11 is 0. The van der Waals surface area contributed by atoms with Gasteiger partial charge in [0.2, 0.25) is 0 Å². The van der Waals surface area contributed by atoms with Crippen LogP contribution in [-0.4, -0.2) is 0 Å². The van der Waals surface area contributed by atoms with Gasteiger partial charge in [0.1, 0.15) is 23.0 Å². The first-order valence-corrected chi connectivity index (χ1v) is 19.0. The van der Waals surface area contributed by atoms with Gasteiger partial charge in [-0.15, -0.1) is 0 Å². The van der Waals surface area contributed by atoms with Crippen LogP contribution in [0.4, 0.5) is 22.7 Å². The molecule has 0 aromatic heterocycles. The van der Waals surface area contributed by atoms with Crippen LogP contribution in [0.25, 0.3) is 38.6 Å². The van der Waals surface area contributed by atoms with Crippen molar-refractivity contribution in [3.63, 3.8) is 0 Å². The molecule has 2 aliphatic heterocycles. The second-order valence-corrected chi connectivity index (χ2v) is 14.2. The van der Waals surface area contributed by atoms with Gasteiger partial charge in [-0.1, -0.05) is 98.1 Å². The molecule has 10 rings (SSSR count). The molecular weight excluding hydrogens is 685 g/mol. The lowest BCUT2D eigenvalue weighted by Crippen LogP contribution is -2.21. The van der Waals surface area contributed by atoms with E-state index in [-0.39, 0.29) is 0 Å². The predicted octanol–water partition coefficient (Wildman–Crippen LogP) is 14.3. The number of para-hydroxylation sites is 3. The van der Waals surface area contributed by atoms with E-state index >= 15 is 0 Å². The van der Waals surface area contributed by atoms with Crippen molar-refractivity contribution in [1.29, 1.82) is 0 Å². The fraction of sp³-hybridized carbons (Fsp3) is 0.0385. The van der Waals surface area contributed by atoms with Gasteiger partial charge in [0.15, 0.2) is 0 Å². The summed E-state index contributed by atoms with van der Waals surface area (Å²) < 4.78 is 13.4. The molecular formula is C52H38N2O2. The molecule has 0 atom stereocenters. The van der Waals surface area contributed by atoms with Crippen LogP contribution >= 0.6 is 0 Å². The van der Waals surface area contributed by atoms with Crippen molar-refractivity contribution >= 4 is 39.1 Å². The molecule has 2 heterocycles. The summed E-state index contributed by atoms with van der Waals surface area (Å²) in [7, 11) is 0. The van der Waals surface area contributed by atoms with E-state index in [1.54, 1.807) is 0 Å². The van der Waals surface area contributed by atoms with Crippen LogP contribution in [0.2, 0.25) is 0 Å². The number of hydrogen-bond donors (Lipinski definition) is 0. The van der Waals surface area contributed by atoms with Crippen molar-refractivity contribution in [3.8, 4) is 39.5 Å². The number of fused-ring (bicyclic) bond motifs is 2. The predicted molar refractivity (Wildman–Crippen MR) is 232 cm³/mol. The lowest BCUT2D eigenvalue weighted by Gasteiger charge is -2.30. The lowest BCUT2D eigenvalue weighted by molar-refractivity contribution is 0.449. The third-order valence-electron chi connectivity index (χ3n) is 10.7. The van der Waals surface area contributed by atoms with E-state index < -0.39 is 0 Å². The molecule has 7 aromatic carbocycles. The number of benzene rings is 7. The van der Waals surface area contributed by atoms with Gasteiger partial charge in [-0.25, -0.2) is 0 Å². The average molecular weight is 723 g/mol. The minimum Gasteiger partial charge on any atom is -0.456 e. The molecule has 0 N–H and O–H groups in total. The lowest BCUT2D eigenvalue weighted by atomic mass is 9.87. The Bertz CT molecular complexity index is 2720. The third kappa shape index (κ3) is 5.80. The Kier molecular flexibility index (Phi) is 8.23. The molecule has 0 unspecified atom stereocenters. The highest BCUT2D eigenvalue weighted by Crippen LogP contribution is 2.53. The zero-order chi connectivity index (χ0) is 37.6. The van der Waals surface area contributed by atoms with Crippen molar-refractivity contribution in [2.45, 2.75) is 12.8 Å². The van der Waals surface area contributed by atoms with Crippen molar-refractivity contribution < 1.29 is 9.47 Å². The molecule has 4 heteroatoms. The smallest absolute Gasteiger partial charge is 0.136 e.